The first kappa shape index (κ1) is 32.2. The van der Waals surface area contributed by atoms with E-state index in [1.54, 1.807) is 12.1 Å². The highest BCUT2D eigenvalue weighted by Crippen LogP contribution is 2.33. The van der Waals surface area contributed by atoms with Gasteiger partial charge in [-0.1, -0.05) is 44.2 Å². The fourth-order valence-corrected chi connectivity index (χ4v) is 7.10. The fourth-order valence-electron chi connectivity index (χ4n) is 5.45. The Balaban J connectivity index is 1.56. The molecule has 0 saturated carbocycles. The molecule has 2 aromatic carbocycles. The van der Waals surface area contributed by atoms with E-state index < -0.39 is 39.8 Å². The molecule has 11 nitrogen and oxygen atoms in total. The third-order valence-corrected chi connectivity index (χ3v) is 9.65. The number of hydrogen-bond donors (Lipinski definition) is 3. The lowest BCUT2D eigenvalue weighted by Gasteiger charge is -2.35. The number of benzene rings is 2. The number of amides is 1. The number of aliphatic hydroxyl groups is 1. The van der Waals surface area contributed by atoms with Crippen LogP contribution in [0.15, 0.2) is 59.5 Å². The summed E-state index contributed by atoms with van der Waals surface area (Å²) in [6.45, 7) is 4.89. The van der Waals surface area contributed by atoms with Crippen LogP contribution >= 0.6 is 0 Å². The minimum absolute atomic E-state index is 0.0387. The summed E-state index contributed by atoms with van der Waals surface area (Å²) in [6, 6.07) is 14.6. The second-order valence-corrected chi connectivity index (χ2v) is 13.6. The van der Waals surface area contributed by atoms with E-state index in [-0.39, 0.29) is 43.2 Å². The van der Waals surface area contributed by atoms with Crippen molar-refractivity contribution < 1.29 is 37.3 Å². The lowest BCUT2D eigenvalue weighted by atomic mass is 9.89. The lowest BCUT2D eigenvalue weighted by Crippen LogP contribution is -2.52. The van der Waals surface area contributed by atoms with Crippen molar-refractivity contribution in [2.24, 2.45) is 17.1 Å². The van der Waals surface area contributed by atoms with Gasteiger partial charge < -0.3 is 35.1 Å². The van der Waals surface area contributed by atoms with Crippen molar-refractivity contribution in [3.8, 4) is 5.75 Å². The first-order valence-corrected chi connectivity index (χ1v) is 15.7. The Morgan fingerprint density at radius 3 is 2.55 bits per heavy atom. The number of carbonyl (C=O) groups is 1. The molecule has 5 atom stereocenters. The van der Waals surface area contributed by atoms with E-state index in [2.05, 4.69) is 5.32 Å². The third-order valence-electron chi connectivity index (χ3n) is 7.82. The van der Waals surface area contributed by atoms with E-state index in [1.807, 2.05) is 44.2 Å². The molecule has 0 radical (unpaired) electrons. The van der Waals surface area contributed by atoms with Gasteiger partial charge >= 0.3 is 6.09 Å². The quantitative estimate of drug-likeness (QED) is 0.295. The molecule has 4 N–H and O–H groups in total. The van der Waals surface area contributed by atoms with E-state index >= 15 is 0 Å². The highest BCUT2D eigenvalue weighted by molar-refractivity contribution is 7.89. The summed E-state index contributed by atoms with van der Waals surface area (Å²) in [7, 11) is -2.53. The largest absolute Gasteiger partial charge is 0.497 e. The van der Waals surface area contributed by atoms with Gasteiger partial charge in [-0.25, -0.2) is 13.2 Å². The van der Waals surface area contributed by atoms with Crippen LogP contribution in [0.2, 0.25) is 0 Å². The van der Waals surface area contributed by atoms with Crippen molar-refractivity contribution in [1.82, 2.24) is 9.62 Å². The van der Waals surface area contributed by atoms with Gasteiger partial charge in [0.15, 0.2) is 6.29 Å². The Hall–Kier alpha value is -2.74. The molecule has 42 heavy (non-hydrogen) atoms. The Morgan fingerprint density at radius 1 is 1.17 bits per heavy atom. The van der Waals surface area contributed by atoms with Crippen molar-refractivity contribution in [2.45, 2.75) is 62.5 Å². The Morgan fingerprint density at radius 2 is 1.88 bits per heavy atom. The van der Waals surface area contributed by atoms with E-state index in [0.29, 0.717) is 25.3 Å². The summed E-state index contributed by atoms with van der Waals surface area (Å²) in [5, 5.41) is 14.4. The van der Waals surface area contributed by atoms with E-state index in [4.69, 9.17) is 24.7 Å². The monoisotopic (exact) mass is 605 g/mol. The number of carbonyl (C=O) groups excluding carboxylic acids is 1. The Labute approximate surface area is 248 Å². The molecule has 2 saturated heterocycles. The van der Waals surface area contributed by atoms with Gasteiger partial charge in [-0.15, -0.1) is 0 Å². The maximum Gasteiger partial charge on any atom is 0.407 e. The summed E-state index contributed by atoms with van der Waals surface area (Å²) in [6.07, 6.45) is -1.24. The van der Waals surface area contributed by atoms with Gasteiger partial charge in [-0.05, 0) is 61.1 Å². The van der Waals surface area contributed by atoms with Crippen LogP contribution in [0.25, 0.3) is 0 Å². The van der Waals surface area contributed by atoms with Gasteiger partial charge in [0.2, 0.25) is 10.0 Å². The van der Waals surface area contributed by atoms with Gasteiger partial charge in [0.25, 0.3) is 0 Å². The van der Waals surface area contributed by atoms with Crippen molar-refractivity contribution in [2.75, 3.05) is 40.0 Å². The first-order chi connectivity index (χ1) is 20.0. The zero-order valence-corrected chi connectivity index (χ0v) is 25.3. The molecule has 4 rings (SSSR count). The summed E-state index contributed by atoms with van der Waals surface area (Å²) >= 11 is 0. The van der Waals surface area contributed by atoms with Crippen molar-refractivity contribution in [1.29, 1.82) is 0 Å². The highest BCUT2D eigenvalue weighted by atomic mass is 32.2. The molecule has 2 aliphatic heterocycles. The minimum Gasteiger partial charge on any atom is -0.497 e. The SMILES string of the molecule is COc1ccc(S(=O)(=O)N(C[C@@H](O)[C@H](Cc2ccccc2)NC(=O)O[C@H]2CO[C@H]3OCC[C@H]32)CC(C)(C)CCN)cc1. The number of nitrogens with one attached hydrogen (secondary N) is 1. The molecule has 0 unspecified atom stereocenters. The number of alkyl carbamates (subject to hydrolysis) is 1. The van der Waals surface area contributed by atoms with Crippen LogP contribution in [0.3, 0.4) is 0 Å². The second-order valence-electron chi connectivity index (χ2n) is 11.7. The van der Waals surface area contributed by atoms with Gasteiger partial charge in [-0.3, -0.25) is 0 Å². The van der Waals surface area contributed by atoms with Crippen LogP contribution < -0.4 is 15.8 Å². The zero-order chi connectivity index (χ0) is 30.3. The normalized spacial score (nSPS) is 22.0. The molecular formula is C30H43N3O8S. The molecule has 0 aliphatic carbocycles. The van der Waals surface area contributed by atoms with Gasteiger partial charge in [0.05, 0.1) is 43.3 Å². The number of sulfonamides is 1. The lowest BCUT2D eigenvalue weighted by molar-refractivity contribution is -0.0907. The summed E-state index contributed by atoms with van der Waals surface area (Å²) < 4.78 is 51.0. The van der Waals surface area contributed by atoms with Gasteiger partial charge in [0, 0.05) is 13.1 Å². The molecule has 2 aliphatic rings. The Bertz CT molecular complexity index is 1260. The molecule has 2 heterocycles. The zero-order valence-electron chi connectivity index (χ0n) is 24.5. The molecule has 2 aromatic rings. The third kappa shape index (κ3) is 8.21. The summed E-state index contributed by atoms with van der Waals surface area (Å²) in [4.78, 5) is 13.1. The van der Waals surface area contributed by atoms with E-state index in [0.717, 1.165) is 12.0 Å². The van der Waals surface area contributed by atoms with Crippen LogP contribution in [0.4, 0.5) is 4.79 Å². The number of methoxy groups -OCH3 is 1. The maximum absolute atomic E-state index is 13.9. The van der Waals surface area contributed by atoms with Crippen LogP contribution in [0, 0.1) is 11.3 Å². The number of nitrogens with two attached hydrogens (primary N) is 1. The van der Waals surface area contributed by atoms with Crippen LogP contribution in [0.1, 0.15) is 32.3 Å². The van der Waals surface area contributed by atoms with Crippen molar-refractivity contribution >= 4 is 16.1 Å². The molecule has 0 bridgehead atoms. The van der Waals surface area contributed by atoms with E-state index in [9.17, 15) is 18.3 Å². The predicted octanol–water partition coefficient (Wildman–Crippen LogP) is 2.52. The highest BCUT2D eigenvalue weighted by Gasteiger charge is 2.44. The van der Waals surface area contributed by atoms with Gasteiger partial charge in [-0.2, -0.15) is 4.31 Å². The molecule has 1 amide bonds. The number of nitrogens with zero attached hydrogens (tertiary/aromatic N) is 1. The summed E-state index contributed by atoms with van der Waals surface area (Å²) in [5.41, 5.74) is 6.21. The van der Waals surface area contributed by atoms with Crippen LogP contribution in [-0.4, -0.2) is 88.4 Å². The predicted molar refractivity (Wildman–Crippen MR) is 156 cm³/mol. The minimum atomic E-state index is -4.03. The average molecular weight is 606 g/mol. The van der Waals surface area contributed by atoms with Crippen LogP contribution in [0.5, 0.6) is 5.75 Å². The molecule has 2 fully saturated rings. The second kappa shape index (κ2) is 14.2. The number of ether oxygens (including phenoxy) is 4. The molecule has 0 spiro atoms. The topological polar surface area (TPSA) is 150 Å². The number of hydrogen-bond acceptors (Lipinski definition) is 9. The number of aliphatic hydroxyl groups excluding tert-OH is 1. The smallest absolute Gasteiger partial charge is 0.407 e. The molecular weight excluding hydrogens is 562 g/mol. The molecule has 232 valence electrons. The molecule has 0 aromatic heterocycles. The number of rotatable bonds is 14. The average Bonchev–Trinajstić information content (AvgIpc) is 3.58. The summed E-state index contributed by atoms with van der Waals surface area (Å²) in [5.74, 6) is 0.487. The van der Waals surface area contributed by atoms with Crippen LogP contribution in [-0.2, 0) is 30.7 Å². The molecule has 12 heteroatoms. The van der Waals surface area contributed by atoms with Crippen molar-refractivity contribution in [3.63, 3.8) is 0 Å². The fraction of sp³-hybridized carbons (Fsp3) is 0.567. The van der Waals surface area contributed by atoms with E-state index in [1.165, 1.54) is 23.5 Å². The van der Waals surface area contributed by atoms with Gasteiger partial charge in [0.1, 0.15) is 11.9 Å². The standard InChI is InChI=1S/C30H43N3O8S/c1-30(2,14-15-31)20-33(42(36,37)23-11-9-22(38-3)10-12-23)18-26(34)25(17-21-7-5-4-6-8-21)32-29(35)41-27-19-40-28-24(27)13-16-39-28/h4-12,24-28,34H,13-20,31H2,1-3H3,(H,32,35)/t24-,25-,26+,27-,28+/m0/s1. The first-order valence-electron chi connectivity index (χ1n) is 14.3. The maximum atomic E-state index is 13.9. The number of fused-ring (bicyclic) bond motifs is 1. The Kier molecular flexibility index (Phi) is 10.8. The van der Waals surface area contributed by atoms with Crippen molar-refractivity contribution in [3.05, 3.63) is 60.2 Å².